The van der Waals surface area contributed by atoms with E-state index in [0.717, 1.165) is 15.9 Å². The Labute approximate surface area is 174 Å². The number of fused-ring (bicyclic) bond motifs is 1. The SMILES string of the molecule is O=C(CCc1csc(NC(=O)Nc2ccccc2)n1)Nc1nc2ccccc2s1. The van der Waals surface area contributed by atoms with Crippen molar-refractivity contribution in [1.29, 1.82) is 0 Å². The van der Waals surface area contributed by atoms with Gasteiger partial charge in [0.1, 0.15) is 0 Å². The minimum atomic E-state index is -0.356. The molecule has 7 nitrogen and oxygen atoms in total. The Morgan fingerprint density at radius 3 is 2.48 bits per heavy atom. The van der Waals surface area contributed by atoms with Gasteiger partial charge in [-0.15, -0.1) is 11.3 Å². The third-order valence-corrected chi connectivity index (χ3v) is 5.71. The zero-order valence-electron chi connectivity index (χ0n) is 15.2. The van der Waals surface area contributed by atoms with Crippen molar-refractivity contribution in [3.8, 4) is 0 Å². The third kappa shape index (κ3) is 5.15. The number of anilines is 3. The van der Waals surface area contributed by atoms with Gasteiger partial charge < -0.3 is 10.6 Å². The second-order valence-electron chi connectivity index (χ2n) is 6.12. The van der Waals surface area contributed by atoms with Gasteiger partial charge in [-0.25, -0.2) is 14.8 Å². The number of carbonyl (C=O) groups excluding carboxylic acids is 2. The average Bonchev–Trinajstić information content (AvgIpc) is 3.33. The van der Waals surface area contributed by atoms with Gasteiger partial charge in [-0.2, -0.15) is 0 Å². The summed E-state index contributed by atoms with van der Waals surface area (Å²) in [6.45, 7) is 0. The Morgan fingerprint density at radius 2 is 1.66 bits per heavy atom. The van der Waals surface area contributed by atoms with Crippen LogP contribution in [0.15, 0.2) is 60.0 Å². The summed E-state index contributed by atoms with van der Waals surface area (Å²) in [6.07, 6.45) is 0.768. The molecule has 0 bridgehead atoms. The highest BCUT2D eigenvalue weighted by Crippen LogP contribution is 2.25. The van der Waals surface area contributed by atoms with Gasteiger partial charge in [0.05, 0.1) is 15.9 Å². The predicted molar refractivity (Wildman–Crippen MR) is 118 cm³/mol. The molecule has 0 spiro atoms. The number of rotatable bonds is 6. The second-order valence-corrected chi connectivity index (χ2v) is 8.01. The lowest BCUT2D eigenvalue weighted by Gasteiger charge is -2.04. The van der Waals surface area contributed by atoms with E-state index in [1.807, 2.05) is 47.8 Å². The highest BCUT2D eigenvalue weighted by molar-refractivity contribution is 7.22. The molecule has 0 aliphatic heterocycles. The zero-order chi connectivity index (χ0) is 20.1. The van der Waals surface area contributed by atoms with Crippen LogP contribution >= 0.6 is 22.7 Å². The normalized spacial score (nSPS) is 10.6. The number of hydrogen-bond donors (Lipinski definition) is 3. The van der Waals surface area contributed by atoms with E-state index in [0.29, 0.717) is 22.4 Å². The van der Waals surface area contributed by atoms with E-state index < -0.39 is 0 Å². The number of para-hydroxylation sites is 2. The first-order valence-corrected chi connectivity index (χ1v) is 10.6. The van der Waals surface area contributed by atoms with Gasteiger partial charge >= 0.3 is 6.03 Å². The molecule has 3 N–H and O–H groups in total. The van der Waals surface area contributed by atoms with E-state index in [1.54, 1.807) is 12.1 Å². The second kappa shape index (κ2) is 8.80. The van der Waals surface area contributed by atoms with Gasteiger partial charge in [-0.3, -0.25) is 10.1 Å². The maximum atomic E-state index is 12.2. The molecule has 0 aliphatic rings. The van der Waals surface area contributed by atoms with Crippen molar-refractivity contribution in [1.82, 2.24) is 9.97 Å². The summed E-state index contributed by atoms with van der Waals surface area (Å²) in [5.41, 5.74) is 2.33. The fourth-order valence-corrected chi connectivity index (χ4v) is 4.23. The highest BCUT2D eigenvalue weighted by atomic mass is 32.1. The monoisotopic (exact) mass is 423 g/mol. The van der Waals surface area contributed by atoms with E-state index in [4.69, 9.17) is 0 Å². The van der Waals surface area contributed by atoms with Crippen LogP contribution in [0.3, 0.4) is 0 Å². The van der Waals surface area contributed by atoms with Gasteiger partial charge in [0.25, 0.3) is 0 Å². The summed E-state index contributed by atoms with van der Waals surface area (Å²) in [5.74, 6) is -0.117. The van der Waals surface area contributed by atoms with Crippen LogP contribution in [-0.2, 0) is 11.2 Å². The maximum absolute atomic E-state index is 12.2. The molecule has 146 valence electrons. The maximum Gasteiger partial charge on any atom is 0.325 e. The van der Waals surface area contributed by atoms with Crippen LogP contribution in [0, 0.1) is 0 Å². The number of aromatic nitrogens is 2. The minimum absolute atomic E-state index is 0.117. The topological polar surface area (TPSA) is 96.0 Å². The summed E-state index contributed by atoms with van der Waals surface area (Å²) in [5, 5.41) is 11.2. The van der Waals surface area contributed by atoms with Crippen LogP contribution in [0.2, 0.25) is 0 Å². The lowest BCUT2D eigenvalue weighted by atomic mass is 10.2. The number of aryl methyl sites for hydroxylation is 1. The lowest BCUT2D eigenvalue weighted by molar-refractivity contribution is -0.116. The van der Waals surface area contributed by atoms with Gasteiger partial charge in [0.2, 0.25) is 5.91 Å². The molecular weight excluding hydrogens is 406 g/mol. The molecule has 0 radical (unpaired) electrons. The van der Waals surface area contributed by atoms with Crippen molar-refractivity contribution < 1.29 is 9.59 Å². The van der Waals surface area contributed by atoms with Crippen molar-refractivity contribution in [2.45, 2.75) is 12.8 Å². The van der Waals surface area contributed by atoms with Crippen LogP contribution in [0.1, 0.15) is 12.1 Å². The predicted octanol–water partition coefficient (Wildman–Crippen LogP) is 4.97. The number of carbonyl (C=O) groups is 2. The van der Waals surface area contributed by atoms with Gasteiger partial charge in [-0.05, 0) is 30.7 Å². The van der Waals surface area contributed by atoms with Crippen LogP contribution in [0.5, 0.6) is 0 Å². The molecule has 0 unspecified atom stereocenters. The van der Waals surface area contributed by atoms with Crippen LogP contribution in [-0.4, -0.2) is 21.9 Å². The van der Waals surface area contributed by atoms with E-state index in [1.165, 1.54) is 22.7 Å². The molecule has 4 aromatic rings. The first-order valence-electron chi connectivity index (χ1n) is 8.88. The van der Waals surface area contributed by atoms with Crippen LogP contribution in [0.4, 0.5) is 20.7 Å². The van der Waals surface area contributed by atoms with E-state index in [2.05, 4.69) is 25.9 Å². The molecule has 3 amide bonds. The minimum Gasteiger partial charge on any atom is -0.308 e. The number of urea groups is 1. The molecule has 4 rings (SSSR count). The smallest absolute Gasteiger partial charge is 0.308 e. The van der Waals surface area contributed by atoms with Gasteiger partial charge in [0, 0.05) is 17.5 Å². The number of amides is 3. The van der Waals surface area contributed by atoms with Gasteiger partial charge in [0.15, 0.2) is 10.3 Å². The number of nitrogens with zero attached hydrogens (tertiary/aromatic N) is 2. The first kappa shape index (κ1) is 19.0. The molecule has 2 heterocycles. The third-order valence-electron chi connectivity index (χ3n) is 3.95. The van der Waals surface area contributed by atoms with Crippen molar-refractivity contribution in [3.05, 3.63) is 65.7 Å². The Hall–Kier alpha value is -3.30. The molecular formula is C20H17N5O2S2. The van der Waals surface area contributed by atoms with E-state index >= 15 is 0 Å². The molecule has 0 saturated carbocycles. The Kier molecular flexibility index (Phi) is 5.78. The van der Waals surface area contributed by atoms with Crippen molar-refractivity contribution in [2.75, 3.05) is 16.0 Å². The molecule has 2 aromatic heterocycles. The van der Waals surface area contributed by atoms with Crippen molar-refractivity contribution in [3.63, 3.8) is 0 Å². The summed E-state index contributed by atoms with van der Waals surface area (Å²) in [7, 11) is 0. The number of benzene rings is 2. The fraction of sp³-hybridized carbons (Fsp3) is 0.100. The molecule has 0 aliphatic carbocycles. The Balaban J connectivity index is 1.26. The number of hydrogen-bond acceptors (Lipinski definition) is 6. The highest BCUT2D eigenvalue weighted by Gasteiger charge is 2.11. The largest absolute Gasteiger partial charge is 0.325 e. The molecule has 0 fully saturated rings. The average molecular weight is 424 g/mol. The number of nitrogens with one attached hydrogen (secondary N) is 3. The van der Waals surface area contributed by atoms with E-state index in [-0.39, 0.29) is 18.4 Å². The molecule has 29 heavy (non-hydrogen) atoms. The van der Waals surface area contributed by atoms with Crippen molar-refractivity contribution in [2.24, 2.45) is 0 Å². The summed E-state index contributed by atoms with van der Waals surface area (Å²) >= 11 is 2.77. The summed E-state index contributed by atoms with van der Waals surface area (Å²) in [6, 6.07) is 16.6. The molecule has 0 saturated heterocycles. The van der Waals surface area contributed by atoms with Crippen LogP contribution in [0.25, 0.3) is 10.2 Å². The summed E-state index contributed by atoms with van der Waals surface area (Å²) in [4.78, 5) is 33.0. The summed E-state index contributed by atoms with van der Waals surface area (Å²) < 4.78 is 1.03. The zero-order valence-corrected chi connectivity index (χ0v) is 16.8. The van der Waals surface area contributed by atoms with Gasteiger partial charge in [-0.1, -0.05) is 41.7 Å². The standard InChI is InChI=1S/C20H17N5O2S2/c26-17(24-20-23-15-8-4-5-9-16(15)29-20)11-10-14-12-28-19(22-14)25-18(27)21-13-6-2-1-3-7-13/h1-9,12H,10-11H2,(H,23,24,26)(H2,21,22,25,27). The lowest BCUT2D eigenvalue weighted by Crippen LogP contribution is -2.19. The quantitative estimate of drug-likeness (QED) is 0.408. The van der Waals surface area contributed by atoms with Crippen molar-refractivity contribution >= 4 is 60.8 Å². The van der Waals surface area contributed by atoms with Crippen LogP contribution < -0.4 is 16.0 Å². The molecule has 0 atom stereocenters. The Bertz CT molecular complexity index is 1110. The fourth-order valence-electron chi connectivity index (χ4n) is 2.61. The van der Waals surface area contributed by atoms with E-state index in [9.17, 15) is 9.59 Å². The number of thiazole rings is 2. The molecule has 2 aromatic carbocycles. The molecule has 9 heteroatoms. The Morgan fingerprint density at radius 1 is 0.862 bits per heavy atom. The first-order chi connectivity index (χ1) is 14.2.